The molecule has 0 saturated heterocycles. The third-order valence-corrected chi connectivity index (χ3v) is 2.66. The van der Waals surface area contributed by atoms with Gasteiger partial charge in [0.15, 0.2) is 0 Å². The van der Waals surface area contributed by atoms with Crippen LogP contribution < -0.4 is 0 Å². The summed E-state index contributed by atoms with van der Waals surface area (Å²) < 4.78 is 49.3. The SMILES string of the molecule is CCN(CCC(O)c1ccc(F)cn1)CC(F)(F)F. The molecule has 1 atom stereocenters. The van der Waals surface area contributed by atoms with Gasteiger partial charge in [-0.2, -0.15) is 13.2 Å². The summed E-state index contributed by atoms with van der Waals surface area (Å²) in [4.78, 5) is 4.88. The summed E-state index contributed by atoms with van der Waals surface area (Å²) in [6, 6.07) is 2.47. The van der Waals surface area contributed by atoms with Crippen LogP contribution in [0.15, 0.2) is 18.3 Å². The van der Waals surface area contributed by atoms with Crippen molar-refractivity contribution in [1.29, 1.82) is 0 Å². The molecule has 1 unspecified atom stereocenters. The van der Waals surface area contributed by atoms with Crippen molar-refractivity contribution in [3.63, 3.8) is 0 Å². The number of rotatable bonds is 6. The highest BCUT2D eigenvalue weighted by molar-refractivity contribution is 5.07. The second-order valence-electron chi connectivity index (χ2n) is 4.19. The van der Waals surface area contributed by atoms with Crippen LogP contribution in [0.3, 0.4) is 0 Å². The van der Waals surface area contributed by atoms with Crippen LogP contribution in [0.2, 0.25) is 0 Å². The van der Waals surface area contributed by atoms with Crippen LogP contribution in [-0.4, -0.2) is 40.8 Å². The van der Waals surface area contributed by atoms with Crippen molar-refractivity contribution in [2.24, 2.45) is 0 Å². The summed E-state index contributed by atoms with van der Waals surface area (Å²) in [6.07, 6.45) is -4.17. The van der Waals surface area contributed by atoms with Crippen molar-refractivity contribution >= 4 is 0 Å². The van der Waals surface area contributed by atoms with Crippen molar-refractivity contribution in [2.75, 3.05) is 19.6 Å². The molecule has 0 radical (unpaired) electrons. The maximum absolute atomic E-state index is 12.6. The second-order valence-corrected chi connectivity index (χ2v) is 4.19. The number of hydrogen-bond acceptors (Lipinski definition) is 3. The first-order valence-electron chi connectivity index (χ1n) is 5.90. The Balaban J connectivity index is 2.48. The lowest BCUT2D eigenvalue weighted by Crippen LogP contribution is -2.35. The summed E-state index contributed by atoms with van der Waals surface area (Å²) in [7, 11) is 0. The average molecular weight is 280 g/mol. The van der Waals surface area contributed by atoms with Crippen molar-refractivity contribution in [1.82, 2.24) is 9.88 Å². The Kier molecular flexibility index (Phi) is 5.68. The molecule has 1 rings (SSSR count). The van der Waals surface area contributed by atoms with Gasteiger partial charge >= 0.3 is 6.18 Å². The lowest BCUT2D eigenvalue weighted by molar-refractivity contribution is -0.146. The van der Waals surface area contributed by atoms with Gasteiger partial charge in [-0.05, 0) is 25.1 Å². The topological polar surface area (TPSA) is 36.4 Å². The molecule has 1 heterocycles. The Morgan fingerprint density at radius 3 is 2.53 bits per heavy atom. The minimum Gasteiger partial charge on any atom is -0.387 e. The van der Waals surface area contributed by atoms with Gasteiger partial charge in [0.1, 0.15) is 5.82 Å². The zero-order chi connectivity index (χ0) is 14.5. The van der Waals surface area contributed by atoms with E-state index >= 15 is 0 Å². The summed E-state index contributed by atoms with van der Waals surface area (Å²) in [5.74, 6) is -0.525. The summed E-state index contributed by atoms with van der Waals surface area (Å²) in [5.41, 5.74) is 0.254. The van der Waals surface area contributed by atoms with Crippen LogP contribution >= 0.6 is 0 Å². The van der Waals surface area contributed by atoms with E-state index in [0.29, 0.717) is 0 Å². The number of alkyl halides is 3. The Hall–Kier alpha value is -1.21. The first-order valence-corrected chi connectivity index (χ1v) is 5.90. The van der Waals surface area contributed by atoms with E-state index in [1.807, 2.05) is 0 Å². The lowest BCUT2D eigenvalue weighted by Gasteiger charge is -2.23. The minimum absolute atomic E-state index is 0.0935. The number of halogens is 4. The van der Waals surface area contributed by atoms with Crippen LogP contribution in [-0.2, 0) is 0 Å². The molecule has 0 fully saturated rings. The molecule has 0 aliphatic heterocycles. The summed E-state index contributed by atoms with van der Waals surface area (Å²) in [5, 5.41) is 9.76. The first kappa shape index (κ1) is 15.8. The molecule has 108 valence electrons. The number of nitrogens with zero attached hydrogens (tertiary/aromatic N) is 2. The second kappa shape index (κ2) is 6.81. The lowest BCUT2D eigenvalue weighted by atomic mass is 10.1. The Morgan fingerprint density at radius 1 is 1.37 bits per heavy atom. The quantitative estimate of drug-likeness (QED) is 0.813. The third-order valence-electron chi connectivity index (χ3n) is 2.66. The van der Waals surface area contributed by atoms with Crippen LogP contribution in [0, 0.1) is 5.82 Å². The van der Waals surface area contributed by atoms with Gasteiger partial charge in [-0.25, -0.2) is 4.39 Å². The molecule has 0 amide bonds. The highest BCUT2D eigenvalue weighted by Gasteiger charge is 2.30. The fourth-order valence-electron chi connectivity index (χ4n) is 1.64. The molecule has 0 bridgehead atoms. The van der Waals surface area contributed by atoms with E-state index < -0.39 is 24.6 Å². The predicted octanol–water partition coefficient (Wildman–Crippen LogP) is 2.53. The Labute approximate surface area is 108 Å². The van der Waals surface area contributed by atoms with Gasteiger partial charge < -0.3 is 5.11 Å². The zero-order valence-electron chi connectivity index (χ0n) is 10.5. The highest BCUT2D eigenvalue weighted by atomic mass is 19.4. The molecular formula is C12H16F4N2O. The van der Waals surface area contributed by atoms with E-state index in [4.69, 9.17) is 0 Å². The number of aliphatic hydroxyl groups is 1. The molecule has 3 nitrogen and oxygen atoms in total. The molecule has 1 N–H and O–H groups in total. The van der Waals surface area contributed by atoms with Gasteiger partial charge in [0.25, 0.3) is 0 Å². The van der Waals surface area contributed by atoms with E-state index in [1.165, 1.54) is 11.0 Å². The molecule has 1 aromatic heterocycles. The maximum atomic E-state index is 12.6. The van der Waals surface area contributed by atoms with E-state index in [2.05, 4.69) is 4.98 Å². The van der Waals surface area contributed by atoms with Crippen molar-refractivity contribution in [3.05, 3.63) is 29.8 Å². The largest absolute Gasteiger partial charge is 0.401 e. The normalized spacial score (nSPS) is 13.8. The van der Waals surface area contributed by atoms with E-state index in [1.54, 1.807) is 6.92 Å². The van der Waals surface area contributed by atoms with Crippen LogP contribution in [0.25, 0.3) is 0 Å². The van der Waals surface area contributed by atoms with Gasteiger partial charge in [0, 0.05) is 6.54 Å². The van der Waals surface area contributed by atoms with E-state index in [9.17, 15) is 22.7 Å². The number of hydrogen-bond donors (Lipinski definition) is 1. The number of pyridine rings is 1. The fraction of sp³-hybridized carbons (Fsp3) is 0.583. The smallest absolute Gasteiger partial charge is 0.387 e. The molecule has 7 heteroatoms. The fourth-order valence-corrected chi connectivity index (χ4v) is 1.64. The van der Waals surface area contributed by atoms with Gasteiger partial charge in [-0.3, -0.25) is 9.88 Å². The number of aromatic nitrogens is 1. The summed E-state index contributed by atoms with van der Waals surface area (Å²) in [6.45, 7) is 0.945. The van der Waals surface area contributed by atoms with E-state index in [-0.39, 0.29) is 25.2 Å². The van der Waals surface area contributed by atoms with Crippen LogP contribution in [0.1, 0.15) is 25.1 Å². The Morgan fingerprint density at radius 2 is 2.05 bits per heavy atom. The first-order chi connectivity index (χ1) is 8.81. The Bertz CT molecular complexity index is 380. The van der Waals surface area contributed by atoms with Crippen molar-refractivity contribution in [3.8, 4) is 0 Å². The van der Waals surface area contributed by atoms with Crippen molar-refractivity contribution < 1.29 is 22.7 Å². The molecule has 0 aliphatic carbocycles. The molecule has 0 spiro atoms. The molecule has 19 heavy (non-hydrogen) atoms. The van der Waals surface area contributed by atoms with Crippen LogP contribution in [0.5, 0.6) is 0 Å². The molecular weight excluding hydrogens is 264 g/mol. The third kappa shape index (κ3) is 5.98. The highest BCUT2D eigenvalue weighted by Crippen LogP contribution is 2.19. The predicted molar refractivity (Wildman–Crippen MR) is 61.9 cm³/mol. The van der Waals surface area contributed by atoms with Crippen LogP contribution in [0.4, 0.5) is 17.6 Å². The molecule has 0 aliphatic rings. The maximum Gasteiger partial charge on any atom is 0.401 e. The van der Waals surface area contributed by atoms with Gasteiger partial charge in [-0.1, -0.05) is 6.92 Å². The van der Waals surface area contributed by atoms with Gasteiger partial charge in [0.05, 0.1) is 24.5 Å². The van der Waals surface area contributed by atoms with Crippen molar-refractivity contribution in [2.45, 2.75) is 25.6 Å². The molecule has 0 saturated carbocycles. The average Bonchev–Trinajstić information content (AvgIpc) is 2.33. The monoisotopic (exact) mass is 280 g/mol. The van der Waals surface area contributed by atoms with Gasteiger partial charge in [0.2, 0.25) is 0 Å². The summed E-state index contributed by atoms with van der Waals surface area (Å²) >= 11 is 0. The number of aliphatic hydroxyl groups excluding tert-OH is 1. The molecule has 1 aromatic rings. The van der Waals surface area contributed by atoms with E-state index in [0.717, 1.165) is 12.3 Å². The zero-order valence-corrected chi connectivity index (χ0v) is 10.5. The van der Waals surface area contributed by atoms with Gasteiger partial charge in [-0.15, -0.1) is 0 Å². The standard InChI is InChI=1S/C12H16F4N2O/c1-2-18(8-12(14,15)16)6-5-11(19)10-4-3-9(13)7-17-10/h3-4,7,11,19H,2,5-6,8H2,1H3. The minimum atomic E-state index is -4.25. The molecule has 0 aromatic carbocycles.